The van der Waals surface area contributed by atoms with E-state index in [1.54, 1.807) is 6.08 Å². The van der Waals surface area contributed by atoms with Crippen LogP contribution in [-0.4, -0.2) is 31.6 Å². The largest absolute Gasteiger partial charge is 0.341 e. The monoisotopic (exact) mass is 379 g/mol. The Morgan fingerprint density at radius 3 is 2.70 bits per heavy atom. The standard InChI is InChI=1S/C23H26ClN3/c1-26(15-5-4-14-25)16-6-7-17-27-22-9-3-2-8-19(22)10-11-20-12-13-21(24)18-23(20)27/h2-5,8-9,12-13,18H,6-7,10-11,15-17H2,1H3/b5-4+. The second-order valence-electron chi connectivity index (χ2n) is 7.05. The quantitative estimate of drug-likeness (QED) is 0.478. The lowest BCUT2D eigenvalue weighted by Gasteiger charge is -2.27. The number of halogens is 1. The topological polar surface area (TPSA) is 30.3 Å². The summed E-state index contributed by atoms with van der Waals surface area (Å²) in [6, 6.07) is 17.0. The molecule has 4 heteroatoms. The highest BCUT2D eigenvalue weighted by Crippen LogP contribution is 2.37. The van der Waals surface area contributed by atoms with Crippen molar-refractivity contribution in [3.63, 3.8) is 0 Å². The van der Waals surface area contributed by atoms with Gasteiger partial charge in [0, 0.05) is 35.6 Å². The molecule has 0 bridgehead atoms. The van der Waals surface area contributed by atoms with Crippen LogP contribution in [0.1, 0.15) is 24.0 Å². The van der Waals surface area contributed by atoms with Crippen molar-refractivity contribution in [1.29, 1.82) is 5.26 Å². The Hall–Kier alpha value is -2.28. The van der Waals surface area contributed by atoms with Gasteiger partial charge in [0.1, 0.15) is 0 Å². The molecule has 3 rings (SSSR count). The Morgan fingerprint density at radius 2 is 1.89 bits per heavy atom. The lowest BCUT2D eigenvalue weighted by molar-refractivity contribution is 0.360. The van der Waals surface area contributed by atoms with Crippen LogP contribution >= 0.6 is 11.6 Å². The van der Waals surface area contributed by atoms with Gasteiger partial charge in [0.15, 0.2) is 0 Å². The van der Waals surface area contributed by atoms with Gasteiger partial charge in [-0.1, -0.05) is 41.9 Å². The number of nitrogens with zero attached hydrogens (tertiary/aromatic N) is 3. The number of unbranched alkanes of at least 4 members (excludes halogenated alkanes) is 1. The highest BCUT2D eigenvalue weighted by atomic mass is 35.5. The Bertz CT molecular complexity index is 838. The molecule has 0 aliphatic carbocycles. The maximum Gasteiger partial charge on any atom is 0.0909 e. The minimum Gasteiger partial charge on any atom is -0.341 e. The number of hydrogen-bond donors (Lipinski definition) is 0. The summed E-state index contributed by atoms with van der Waals surface area (Å²) < 4.78 is 0. The summed E-state index contributed by atoms with van der Waals surface area (Å²) in [5.41, 5.74) is 5.33. The maximum absolute atomic E-state index is 8.57. The van der Waals surface area contributed by atoms with E-state index in [1.807, 2.05) is 18.2 Å². The number of rotatable bonds is 7. The minimum absolute atomic E-state index is 0.794. The molecule has 1 heterocycles. The fourth-order valence-corrected chi connectivity index (χ4v) is 3.82. The number of likely N-dealkylation sites (N-methyl/N-ethyl adjacent to an activating group) is 1. The summed E-state index contributed by atoms with van der Waals surface area (Å²) in [6.45, 7) is 2.82. The van der Waals surface area contributed by atoms with Crippen LogP contribution in [0.2, 0.25) is 5.02 Å². The molecule has 0 saturated heterocycles. The maximum atomic E-state index is 8.57. The van der Waals surface area contributed by atoms with Crippen molar-refractivity contribution in [1.82, 2.24) is 4.90 Å². The second-order valence-corrected chi connectivity index (χ2v) is 7.49. The molecule has 0 atom stereocenters. The van der Waals surface area contributed by atoms with Gasteiger partial charge in [-0.25, -0.2) is 0 Å². The molecular formula is C23H26ClN3. The number of para-hydroxylation sites is 1. The zero-order chi connectivity index (χ0) is 19.1. The Labute approximate surface area is 167 Å². The average molecular weight is 380 g/mol. The first-order valence-corrected chi connectivity index (χ1v) is 9.94. The molecule has 0 amide bonds. The number of fused-ring (bicyclic) bond motifs is 2. The predicted molar refractivity (Wildman–Crippen MR) is 114 cm³/mol. The first-order valence-electron chi connectivity index (χ1n) is 9.56. The van der Waals surface area contributed by atoms with Crippen molar-refractivity contribution >= 4 is 23.0 Å². The molecule has 0 radical (unpaired) electrons. The van der Waals surface area contributed by atoms with E-state index in [4.69, 9.17) is 16.9 Å². The van der Waals surface area contributed by atoms with Gasteiger partial charge in [-0.2, -0.15) is 5.26 Å². The summed E-state index contributed by atoms with van der Waals surface area (Å²) in [7, 11) is 2.10. The average Bonchev–Trinajstić information content (AvgIpc) is 2.82. The minimum atomic E-state index is 0.794. The van der Waals surface area contributed by atoms with Gasteiger partial charge in [-0.15, -0.1) is 0 Å². The fourth-order valence-electron chi connectivity index (χ4n) is 3.65. The van der Waals surface area contributed by atoms with Gasteiger partial charge in [-0.05, 0) is 68.6 Å². The van der Waals surface area contributed by atoms with Gasteiger partial charge in [-0.3, -0.25) is 0 Å². The number of aryl methyl sites for hydroxylation is 2. The van der Waals surface area contributed by atoms with Crippen LogP contribution in [0, 0.1) is 11.3 Å². The smallest absolute Gasteiger partial charge is 0.0909 e. The molecule has 0 saturated carbocycles. The van der Waals surface area contributed by atoms with Crippen LogP contribution in [0.5, 0.6) is 0 Å². The van der Waals surface area contributed by atoms with Gasteiger partial charge in [0.25, 0.3) is 0 Å². The van der Waals surface area contributed by atoms with Crippen LogP contribution in [0.15, 0.2) is 54.6 Å². The third kappa shape index (κ3) is 5.13. The Kier molecular flexibility index (Phi) is 6.92. The molecule has 27 heavy (non-hydrogen) atoms. The summed E-state index contributed by atoms with van der Waals surface area (Å²) in [4.78, 5) is 4.69. The summed E-state index contributed by atoms with van der Waals surface area (Å²) >= 11 is 6.32. The van der Waals surface area contributed by atoms with Gasteiger partial charge in [0.2, 0.25) is 0 Å². The van der Waals surface area contributed by atoms with Crippen LogP contribution in [0.4, 0.5) is 11.4 Å². The summed E-state index contributed by atoms with van der Waals surface area (Å²) in [5.74, 6) is 0. The lowest BCUT2D eigenvalue weighted by Crippen LogP contribution is -2.23. The number of nitriles is 1. The Morgan fingerprint density at radius 1 is 1.11 bits per heavy atom. The molecule has 0 N–H and O–H groups in total. The number of allylic oxidation sites excluding steroid dienone is 1. The third-order valence-electron chi connectivity index (χ3n) is 5.07. The Balaban J connectivity index is 1.70. The van der Waals surface area contributed by atoms with Crippen molar-refractivity contribution in [2.75, 3.05) is 31.6 Å². The van der Waals surface area contributed by atoms with E-state index in [0.717, 1.165) is 50.3 Å². The van der Waals surface area contributed by atoms with Gasteiger partial charge in [0.05, 0.1) is 6.07 Å². The fraction of sp³-hybridized carbons (Fsp3) is 0.348. The molecule has 2 aromatic carbocycles. The highest BCUT2D eigenvalue weighted by molar-refractivity contribution is 6.30. The van der Waals surface area contributed by atoms with E-state index in [0.29, 0.717) is 0 Å². The van der Waals surface area contributed by atoms with Crippen LogP contribution in [-0.2, 0) is 12.8 Å². The lowest BCUT2D eigenvalue weighted by atomic mass is 10.0. The van der Waals surface area contributed by atoms with Crippen LogP contribution in [0.3, 0.4) is 0 Å². The molecule has 0 unspecified atom stereocenters. The number of benzene rings is 2. The number of anilines is 2. The SMILES string of the molecule is CN(C/C=C/C#N)CCCCN1c2ccccc2CCc2ccc(Cl)cc21. The molecule has 2 aromatic rings. The molecule has 1 aliphatic rings. The van der Waals surface area contributed by atoms with E-state index >= 15 is 0 Å². The zero-order valence-electron chi connectivity index (χ0n) is 15.9. The van der Waals surface area contributed by atoms with Crippen molar-refractivity contribution in [2.24, 2.45) is 0 Å². The molecule has 0 aromatic heterocycles. The van der Waals surface area contributed by atoms with E-state index in [1.165, 1.54) is 22.5 Å². The van der Waals surface area contributed by atoms with Crippen molar-refractivity contribution in [3.8, 4) is 6.07 Å². The van der Waals surface area contributed by atoms with Crippen LogP contribution < -0.4 is 4.90 Å². The number of hydrogen-bond acceptors (Lipinski definition) is 3. The van der Waals surface area contributed by atoms with E-state index < -0.39 is 0 Å². The molecule has 140 valence electrons. The van der Waals surface area contributed by atoms with Gasteiger partial charge < -0.3 is 9.80 Å². The molecule has 3 nitrogen and oxygen atoms in total. The van der Waals surface area contributed by atoms with Gasteiger partial charge >= 0.3 is 0 Å². The van der Waals surface area contributed by atoms with E-state index in [9.17, 15) is 0 Å². The predicted octanol–water partition coefficient (Wildman–Crippen LogP) is 5.37. The van der Waals surface area contributed by atoms with E-state index in [2.05, 4.69) is 53.2 Å². The molecule has 1 aliphatic heterocycles. The first kappa shape index (κ1) is 19.5. The zero-order valence-corrected chi connectivity index (χ0v) is 16.6. The van der Waals surface area contributed by atoms with Crippen LogP contribution in [0.25, 0.3) is 0 Å². The third-order valence-corrected chi connectivity index (χ3v) is 5.30. The normalized spacial score (nSPS) is 13.3. The van der Waals surface area contributed by atoms with Crippen molar-refractivity contribution in [2.45, 2.75) is 25.7 Å². The summed E-state index contributed by atoms with van der Waals surface area (Å²) in [5, 5.41) is 9.36. The second kappa shape index (κ2) is 9.60. The molecular weight excluding hydrogens is 354 g/mol. The first-order chi connectivity index (χ1) is 13.2. The van der Waals surface area contributed by atoms with Crippen molar-refractivity contribution < 1.29 is 0 Å². The summed E-state index contributed by atoms with van der Waals surface area (Å²) in [6.07, 6.45) is 7.79. The van der Waals surface area contributed by atoms with Crippen molar-refractivity contribution in [3.05, 3.63) is 70.8 Å². The highest BCUT2D eigenvalue weighted by Gasteiger charge is 2.20. The molecule has 0 spiro atoms. The van der Waals surface area contributed by atoms with E-state index in [-0.39, 0.29) is 0 Å². The molecule has 0 fully saturated rings.